The Morgan fingerprint density at radius 2 is 2.04 bits per heavy atom. The number of anilines is 2. The fourth-order valence-corrected chi connectivity index (χ4v) is 4.39. The molecule has 134 valence electrons. The molecule has 0 saturated carbocycles. The zero-order valence-electron chi connectivity index (χ0n) is 14.1. The van der Waals surface area contributed by atoms with E-state index in [1.807, 2.05) is 6.20 Å². The summed E-state index contributed by atoms with van der Waals surface area (Å²) >= 11 is 0. The van der Waals surface area contributed by atoms with E-state index in [1.165, 1.54) is 0 Å². The van der Waals surface area contributed by atoms with E-state index < -0.39 is 0 Å². The maximum absolute atomic E-state index is 9.77. The summed E-state index contributed by atoms with van der Waals surface area (Å²) in [6, 6.07) is 2.92. The average Bonchev–Trinajstić information content (AvgIpc) is 3.22. The van der Waals surface area contributed by atoms with Crippen LogP contribution >= 0.6 is 0 Å². The number of nitrogens with zero attached hydrogens (tertiary/aromatic N) is 4. The number of hydrogen-bond donors (Lipinski definition) is 2. The highest BCUT2D eigenvalue weighted by molar-refractivity contribution is 5.91. The molecule has 3 aliphatic rings. The van der Waals surface area contributed by atoms with Gasteiger partial charge in [-0.05, 0) is 12.8 Å². The van der Waals surface area contributed by atoms with Crippen LogP contribution in [0, 0.1) is 0 Å². The van der Waals surface area contributed by atoms with Crippen LogP contribution in [0.15, 0.2) is 12.3 Å². The number of morpholine rings is 2. The van der Waals surface area contributed by atoms with E-state index in [9.17, 15) is 5.11 Å². The number of aliphatic hydroxyl groups is 1. The van der Waals surface area contributed by atoms with Crippen LogP contribution < -0.4 is 9.80 Å². The number of aromatic nitrogens is 3. The standard InChI is InChI=1S/C17H23N5O3/c23-7-13-10-24-4-3-21(13)15-5-16(19-17-14(15)6-18-20-17)22-11-1-2-12(22)9-25-8-11/h5-6,11-13,23H,1-4,7-10H2,(H,18,19,20)/t11?,12?,13-/m1/s1. The van der Waals surface area contributed by atoms with E-state index in [1.54, 1.807) is 0 Å². The van der Waals surface area contributed by atoms with Gasteiger partial charge in [0.15, 0.2) is 5.65 Å². The van der Waals surface area contributed by atoms with Gasteiger partial charge in [0.05, 0.1) is 68.4 Å². The summed E-state index contributed by atoms with van der Waals surface area (Å²) in [7, 11) is 0. The molecule has 3 aliphatic heterocycles. The number of ether oxygens (including phenoxy) is 2. The predicted octanol–water partition coefficient (Wildman–Crippen LogP) is 0.523. The van der Waals surface area contributed by atoms with Crippen LogP contribution in [0.5, 0.6) is 0 Å². The van der Waals surface area contributed by atoms with Gasteiger partial charge in [-0.2, -0.15) is 5.10 Å². The van der Waals surface area contributed by atoms with Gasteiger partial charge in [-0.15, -0.1) is 0 Å². The van der Waals surface area contributed by atoms with Gasteiger partial charge in [0.2, 0.25) is 0 Å². The van der Waals surface area contributed by atoms with Crippen LogP contribution in [-0.4, -0.2) is 78.0 Å². The molecule has 0 radical (unpaired) electrons. The fourth-order valence-electron chi connectivity index (χ4n) is 4.39. The molecule has 2 aromatic heterocycles. The zero-order valence-corrected chi connectivity index (χ0v) is 14.1. The van der Waals surface area contributed by atoms with Crippen molar-refractivity contribution in [3.05, 3.63) is 12.3 Å². The summed E-state index contributed by atoms with van der Waals surface area (Å²) in [5.41, 5.74) is 1.86. The van der Waals surface area contributed by atoms with Gasteiger partial charge in [0.1, 0.15) is 5.82 Å². The van der Waals surface area contributed by atoms with Crippen molar-refractivity contribution in [1.82, 2.24) is 15.2 Å². The SMILES string of the molecule is OC[C@@H]1COCCN1c1cc(N2C3CCC2COC3)nc2[nH]ncc12. The summed E-state index contributed by atoms with van der Waals surface area (Å²) < 4.78 is 11.3. The van der Waals surface area contributed by atoms with E-state index in [0.717, 1.165) is 55.1 Å². The molecule has 0 aromatic carbocycles. The van der Waals surface area contributed by atoms with E-state index in [2.05, 4.69) is 26.1 Å². The highest BCUT2D eigenvalue weighted by Gasteiger charge is 2.39. The van der Waals surface area contributed by atoms with Crippen LogP contribution in [0.25, 0.3) is 11.0 Å². The lowest BCUT2D eigenvalue weighted by Crippen LogP contribution is -2.48. The molecular formula is C17H23N5O3. The third-order valence-corrected chi connectivity index (χ3v) is 5.64. The number of hydrogen-bond acceptors (Lipinski definition) is 7. The fraction of sp³-hybridized carbons (Fsp3) is 0.647. The lowest BCUT2D eigenvalue weighted by Gasteiger charge is -2.39. The van der Waals surface area contributed by atoms with E-state index in [0.29, 0.717) is 25.3 Å². The largest absolute Gasteiger partial charge is 0.394 e. The number of fused-ring (bicyclic) bond motifs is 3. The first kappa shape index (κ1) is 15.4. The molecule has 0 aliphatic carbocycles. The first-order chi connectivity index (χ1) is 12.3. The first-order valence-electron chi connectivity index (χ1n) is 9.00. The van der Waals surface area contributed by atoms with Crippen LogP contribution in [-0.2, 0) is 9.47 Å². The molecular weight excluding hydrogens is 322 g/mol. The Labute approximate surface area is 145 Å². The highest BCUT2D eigenvalue weighted by atomic mass is 16.5. The topological polar surface area (TPSA) is 86.7 Å². The highest BCUT2D eigenvalue weighted by Crippen LogP contribution is 2.37. The molecule has 0 amide bonds. The Morgan fingerprint density at radius 1 is 1.20 bits per heavy atom. The Kier molecular flexibility index (Phi) is 3.76. The van der Waals surface area contributed by atoms with Crippen molar-refractivity contribution in [2.24, 2.45) is 0 Å². The minimum Gasteiger partial charge on any atom is -0.394 e. The average molecular weight is 345 g/mol. The normalized spacial score (nSPS) is 29.6. The van der Waals surface area contributed by atoms with Gasteiger partial charge < -0.3 is 24.4 Å². The van der Waals surface area contributed by atoms with Crippen LogP contribution in [0.3, 0.4) is 0 Å². The molecule has 8 nitrogen and oxygen atoms in total. The number of pyridine rings is 1. The van der Waals surface area contributed by atoms with Gasteiger partial charge in [-0.3, -0.25) is 5.10 Å². The Morgan fingerprint density at radius 3 is 2.84 bits per heavy atom. The molecule has 5 heterocycles. The van der Waals surface area contributed by atoms with Crippen LogP contribution in [0.4, 0.5) is 11.5 Å². The second kappa shape index (κ2) is 6.12. The van der Waals surface area contributed by atoms with Crippen molar-refractivity contribution < 1.29 is 14.6 Å². The Bertz CT molecular complexity index is 750. The van der Waals surface area contributed by atoms with Crippen molar-refractivity contribution in [2.45, 2.75) is 31.0 Å². The second-order valence-corrected chi connectivity index (χ2v) is 7.07. The molecule has 5 rings (SSSR count). The third kappa shape index (κ3) is 2.47. The molecule has 3 fully saturated rings. The minimum atomic E-state index is -0.0384. The molecule has 0 spiro atoms. The molecule has 2 unspecified atom stereocenters. The lowest BCUT2D eigenvalue weighted by atomic mass is 10.1. The van der Waals surface area contributed by atoms with Crippen molar-refractivity contribution in [1.29, 1.82) is 0 Å². The molecule has 2 N–H and O–H groups in total. The number of rotatable bonds is 3. The molecule has 2 bridgehead atoms. The Hall–Kier alpha value is -1.90. The molecule has 3 atom stereocenters. The maximum Gasteiger partial charge on any atom is 0.159 e. The lowest BCUT2D eigenvalue weighted by molar-refractivity contribution is 0.0728. The van der Waals surface area contributed by atoms with Gasteiger partial charge in [-0.25, -0.2) is 4.98 Å². The van der Waals surface area contributed by atoms with Crippen molar-refractivity contribution in [2.75, 3.05) is 49.4 Å². The second-order valence-electron chi connectivity index (χ2n) is 7.07. The van der Waals surface area contributed by atoms with Gasteiger partial charge in [0, 0.05) is 12.6 Å². The summed E-state index contributed by atoms with van der Waals surface area (Å²) in [4.78, 5) is 9.49. The summed E-state index contributed by atoms with van der Waals surface area (Å²) in [5, 5.41) is 18.0. The number of aromatic amines is 1. The number of H-pyrrole nitrogens is 1. The summed E-state index contributed by atoms with van der Waals surface area (Å²) in [5.74, 6) is 0.978. The number of aliphatic hydroxyl groups excluding tert-OH is 1. The van der Waals surface area contributed by atoms with E-state index in [-0.39, 0.29) is 12.6 Å². The Balaban J connectivity index is 1.60. The predicted molar refractivity (Wildman–Crippen MR) is 93.0 cm³/mol. The zero-order chi connectivity index (χ0) is 16.8. The van der Waals surface area contributed by atoms with Gasteiger partial charge in [0.25, 0.3) is 0 Å². The van der Waals surface area contributed by atoms with Gasteiger partial charge in [-0.1, -0.05) is 0 Å². The van der Waals surface area contributed by atoms with Crippen molar-refractivity contribution in [3.8, 4) is 0 Å². The van der Waals surface area contributed by atoms with Crippen LogP contribution in [0.2, 0.25) is 0 Å². The van der Waals surface area contributed by atoms with Crippen LogP contribution in [0.1, 0.15) is 12.8 Å². The number of nitrogens with one attached hydrogen (secondary N) is 1. The molecule has 2 aromatic rings. The monoisotopic (exact) mass is 345 g/mol. The smallest absolute Gasteiger partial charge is 0.159 e. The summed E-state index contributed by atoms with van der Waals surface area (Å²) in [6.45, 7) is 3.56. The third-order valence-electron chi connectivity index (χ3n) is 5.64. The van der Waals surface area contributed by atoms with Gasteiger partial charge >= 0.3 is 0 Å². The van der Waals surface area contributed by atoms with Crippen molar-refractivity contribution in [3.63, 3.8) is 0 Å². The molecule has 3 saturated heterocycles. The van der Waals surface area contributed by atoms with E-state index >= 15 is 0 Å². The van der Waals surface area contributed by atoms with Crippen molar-refractivity contribution >= 4 is 22.5 Å². The summed E-state index contributed by atoms with van der Waals surface area (Å²) in [6.07, 6.45) is 4.12. The van der Waals surface area contributed by atoms with E-state index in [4.69, 9.17) is 14.5 Å². The first-order valence-corrected chi connectivity index (χ1v) is 9.00. The quantitative estimate of drug-likeness (QED) is 0.839. The molecule has 8 heteroatoms. The molecule has 25 heavy (non-hydrogen) atoms. The maximum atomic E-state index is 9.77. The minimum absolute atomic E-state index is 0.0384.